The van der Waals surface area contributed by atoms with Gasteiger partial charge in [-0.25, -0.2) is 0 Å². The van der Waals surface area contributed by atoms with Crippen molar-refractivity contribution >= 4 is 10.1 Å². The molecule has 0 aromatic heterocycles. The maximum atomic E-state index is 10.9. The van der Waals surface area contributed by atoms with Crippen molar-refractivity contribution in [1.29, 1.82) is 0 Å². The minimum Gasteiger partial charge on any atom is -0.395 e. The fourth-order valence-corrected chi connectivity index (χ4v) is 4.04. The standard InChI is InChI=1S/C18H30O3S.C6H15NO3.C3H8O3.C3H6O.C2H4O/c1-2-3-4-5-6-7-8-9-10-11-12-17-13-15-18(16-14-17)22(19,20)21;8-4-1-7(2-5-9)3-6-10;4-1-3(6)2-5;1-3-2-4-3;1-2-3-1/h13-16H,2-12H2,1H3,(H,19,20,21);8-10H,1-6H2;3-6H,1-2H2;3H,2H2,1H3;1-2H2. The van der Waals surface area contributed by atoms with E-state index in [1.807, 2.05) is 0 Å². The quantitative estimate of drug-likeness (QED) is 0.0608. The van der Waals surface area contributed by atoms with Gasteiger partial charge in [-0.05, 0) is 37.5 Å². The summed E-state index contributed by atoms with van der Waals surface area (Å²) >= 11 is 0. The van der Waals surface area contributed by atoms with Gasteiger partial charge in [0.15, 0.2) is 0 Å². The Balaban J connectivity index is 0. The summed E-state index contributed by atoms with van der Waals surface area (Å²) in [6, 6.07) is 6.52. The highest BCUT2D eigenvalue weighted by atomic mass is 32.2. The van der Waals surface area contributed by atoms with Crippen LogP contribution in [0.2, 0.25) is 0 Å². The smallest absolute Gasteiger partial charge is 0.294 e. The SMILES string of the molecule is C1CO1.CC1CO1.CCCCCCCCCCCCc1ccc(S(=O)(=O)O)cc1.OCC(O)CO.OCCN(CCO)CCO. The highest BCUT2D eigenvalue weighted by molar-refractivity contribution is 7.85. The summed E-state index contributed by atoms with van der Waals surface area (Å²) in [6.07, 6.45) is 13.8. The molecule has 12 nitrogen and oxygen atoms in total. The Bertz CT molecular complexity index is 817. The van der Waals surface area contributed by atoms with E-state index in [1.54, 1.807) is 17.0 Å². The molecule has 2 heterocycles. The molecule has 1 atom stereocenters. The molecule has 0 radical (unpaired) electrons. The molecule has 2 fully saturated rings. The molecule has 2 aliphatic rings. The number of hydrogen-bond donors (Lipinski definition) is 7. The third-order valence-corrected chi connectivity index (χ3v) is 7.28. The maximum absolute atomic E-state index is 10.9. The van der Waals surface area contributed by atoms with Crippen molar-refractivity contribution in [3.8, 4) is 0 Å². The zero-order valence-corrected chi connectivity index (χ0v) is 28.5. The molecule has 3 rings (SSSR count). The summed E-state index contributed by atoms with van der Waals surface area (Å²) in [4.78, 5) is 1.76. The summed E-state index contributed by atoms with van der Waals surface area (Å²) in [7, 11) is -4.06. The van der Waals surface area contributed by atoms with Gasteiger partial charge >= 0.3 is 0 Å². The van der Waals surface area contributed by atoms with Crippen molar-refractivity contribution in [2.75, 3.05) is 72.5 Å². The number of aliphatic hydroxyl groups excluding tert-OH is 6. The lowest BCUT2D eigenvalue weighted by atomic mass is 10.0. The molecule has 7 N–H and O–H groups in total. The molecule has 2 aliphatic heterocycles. The van der Waals surface area contributed by atoms with Crippen LogP contribution in [0.1, 0.15) is 83.6 Å². The Labute approximate surface area is 271 Å². The average molecular weight is 670 g/mol. The summed E-state index contributed by atoms with van der Waals surface area (Å²) in [5.41, 5.74) is 1.13. The van der Waals surface area contributed by atoms with Crippen molar-refractivity contribution in [3.63, 3.8) is 0 Å². The third kappa shape index (κ3) is 37.1. The number of hydrogen-bond acceptors (Lipinski definition) is 11. The van der Waals surface area contributed by atoms with E-state index in [2.05, 4.69) is 18.6 Å². The van der Waals surface area contributed by atoms with Crippen LogP contribution >= 0.6 is 0 Å². The van der Waals surface area contributed by atoms with Crippen molar-refractivity contribution in [2.45, 2.75) is 102 Å². The predicted molar refractivity (Wildman–Crippen MR) is 176 cm³/mol. The van der Waals surface area contributed by atoms with Gasteiger partial charge in [0, 0.05) is 19.6 Å². The van der Waals surface area contributed by atoms with Gasteiger partial charge in [0.2, 0.25) is 0 Å². The average Bonchev–Trinajstić information content (AvgIpc) is 3.96. The molecule has 1 aromatic carbocycles. The fraction of sp³-hybridized carbons (Fsp3) is 0.812. The minimum absolute atomic E-state index is 0.0284. The summed E-state index contributed by atoms with van der Waals surface area (Å²) in [5.74, 6) is 0. The first-order valence-electron chi connectivity index (χ1n) is 16.3. The van der Waals surface area contributed by atoms with Crippen molar-refractivity contribution in [1.82, 2.24) is 4.90 Å². The van der Waals surface area contributed by atoms with E-state index in [1.165, 1.54) is 69.9 Å². The highest BCUT2D eigenvalue weighted by Crippen LogP contribution is 2.14. The van der Waals surface area contributed by atoms with Crippen molar-refractivity contribution in [3.05, 3.63) is 29.8 Å². The lowest BCUT2D eigenvalue weighted by Gasteiger charge is -2.17. The van der Waals surface area contributed by atoms with E-state index < -0.39 is 16.2 Å². The second-order valence-electron chi connectivity index (χ2n) is 10.8. The molecular formula is C32H63NO11S. The van der Waals surface area contributed by atoms with Crippen molar-refractivity contribution < 1.29 is 53.1 Å². The van der Waals surface area contributed by atoms with Crippen LogP contribution in [0.5, 0.6) is 0 Å². The van der Waals surface area contributed by atoms with E-state index in [4.69, 9.17) is 39.9 Å². The maximum Gasteiger partial charge on any atom is 0.294 e. The van der Waals surface area contributed by atoms with Gasteiger partial charge in [0.1, 0.15) is 6.10 Å². The predicted octanol–water partition coefficient (Wildman–Crippen LogP) is 2.42. The van der Waals surface area contributed by atoms with Crippen LogP contribution < -0.4 is 0 Å². The zero-order valence-electron chi connectivity index (χ0n) is 27.6. The number of epoxide rings is 2. The lowest BCUT2D eigenvalue weighted by molar-refractivity contribution is 0.0450. The van der Waals surface area contributed by atoms with E-state index in [-0.39, 0.29) is 37.9 Å². The van der Waals surface area contributed by atoms with Crippen LogP contribution in [0.25, 0.3) is 0 Å². The van der Waals surface area contributed by atoms with Crippen molar-refractivity contribution in [2.24, 2.45) is 0 Å². The Morgan fingerprint density at radius 3 is 1.42 bits per heavy atom. The normalized spacial score (nSPS) is 14.6. The van der Waals surface area contributed by atoms with E-state index in [0.717, 1.165) is 38.2 Å². The van der Waals surface area contributed by atoms with Crippen LogP contribution in [-0.2, 0) is 26.0 Å². The minimum atomic E-state index is -4.06. The second-order valence-corrected chi connectivity index (χ2v) is 12.3. The van der Waals surface area contributed by atoms with Crippen LogP contribution in [0.4, 0.5) is 0 Å². The molecule has 2 saturated heterocycles. The summed E-state index contributed by atoms with van der Waals surface area (Å²) in [5, 5.41) is 49.5. The van der Waals surface area contributed by atoms with Crippen LogP contribution in [0, 0.1) is 0 Å². The summed E-state index contributed by atoms with van der Waals surface area (Å²) in [6.45, 7) is 8.31. The third-order valence-electron chi connectivity index (χ3n) is 6.41. The number of benzene rings is 1. The van der Waals surface area contributed by atoms with Gasteiger partial charge in [-0.2, -0.15) is 8.42 Å². The second kappa shape index (κ2) is 32.7. The molecule has 0 spiro atoms. The number of unbranched alkanes of at least 4 members (excludes halogenated alkanes) is 9. The van der Waals surface area contributed by atoms with Gasteiger partial charge in [-0.15, -0.1) is 0 Å². The Morgan fingerprint density at radius 1 is 0.778 bits per heavy atom. The molecule has 1 aromatic rings. The molecule has 0 amide bonds. The largest absolute Gasteiger partial charge is 0.395 e. The number of rotatable bonds is 20. The van der Waals surface area contributed by atoms with Crippen LogP contribution in [0.15, 0.2) is 29.2 Å². The molecule has 45 heavy (non-hydrogen) atoms. The van der Waals surface area contributed by atoms with Crippen LogP contribution in [0.3, 0.4) is 0 Å². The molecule has 0 saturated carbocycles. The Kier molecular flexibility index (Phi) is 33.3. The number of aliphatic hydroxyl groups is 6. The first-order chi connectivity index (χ1) is 21.6. The number of ether oxygens (including phenoxy) is 2. The van der Waals surface area contributed by atoms with Gasteiger partial charge in [-0.3, -0.25) is 9.45 Å². The van der Waals surface area contributed by atoms with Gasteiger partial charge in [0.25, 0.3) is 10.1 Å². The number of nitrogens with zero attached hydrogens (tertiary/aromatic N) is 1. The first-order valence-corrected chi connectivity index (χ1v) is 17.7. The lowest BCUT2D eigenvalue weighted by Crippen LogP contribution is -2.32. The number of aryl methyl sites for hydroxylation is 1. The van der Waals surface area contributed by atoms with Gasteiger partial charge in [-0.1, -0.05) is 76.8 Å². The monoisotopic (exact) mass is 669 g/mol. The zero-order chi connectivity index (χ0) is 34.2. The molecular weight excluding hydrogens is 606 g/mol. The van der Waals surface area contributed by atoms with Gasteiger partial charge < -0.3 is 40.1 Å². The first kappa shape index (κ1) is 45.9. The van der Waals surface area contributed by atoms with E-state index >= 15 is 0 Å². The topological polar surface area (TPSA) is 204 Å². The highest BCUT2D eigenvalue weighted by Gasteiger charge is 2.13. The summed E-state index contributed by atoms with van der Waals surface area (Å²) < 4.78 is 40.0. The van der Waals surface area contributed by atoms with Gasteiger partial charge in [0.05, 0.1) is 63.9 Å². The van der Waals surface area contributed by atoms with E-state index in [9.17, 15) is 8.42 Å². The molecule has 1 unspecified atom stereocenters. The molecule has 0 bridgehead atoms. The molecule has 268 valence electrons. The Morgan fingerprint density at radius 2 is 1.16 bits per heavy atom. The fourth-order valence-electron chi connectivity index (χ4n) is 3.56. The molecule has 0 aliphatic carbocycles. The molecule has 13 heteroatoms. The van der Waals surface area contributed by atoms with E-state index in [0.29, 0.717) is 25.7 Å². The Hall–Kier alpha value is -1.23. The van der Waals surface area contributed by atoms with Crippen LogP contribution in [-0.4, -0.2) is 133 Å².